The minimum atomic E-state index is 1.03. The van der Waals surface area contributed by atoms with Gasteiger partial charge in [0.05, 0.1) is 0 Å². The molecule has 1 aromatic rings. The molecule has 1 rings (SSSR count). The number of nitrogens with zero attached hydrogens (tertiary/aromatic N) is 1. The molecule has 0 aliphatic heterocycles. The Labute approximate surface area is 80.4 Å². The van der Waals surface area contributed by atoms with Crippen molar-refractivity contribution < 1.29 is 0 Å². The van der Waals surface area contributed by atoms with E-state index in [1.165, 1.54) is 17.7 Å². The summed E-state index contributed by atoms with van der Waals surface area (Å²) in [5, 5.41) is 3.37. The van der Waals surface area contributed by atoms with E-state index in [2.05, 4.69) is 30.2 Å². The molecule has 2 nitrogen and oxygen atoms in total. The van der Waals surface area contributed by atoms with Crippen LogP contribution in [0.3, 0.4) is 0 Å². The molecule has 1 aromatic heterocycles. The third-order valence-electron chi connectivity index (χ3n) is 2.08. The molecule has 0 aliphatic rings. The lowest BCUT2D eigenvalue weighted by atomic mass is 10.2. The number of rotatable bonds is 5. The molecule has 0 spiro atoms. The van der Waals surface area contributed by atoms with Crippen LogP contribution in [0.15, 0.2) is 18.3 Å². The molecule has 0 amide bonds. The summed E-state index contributed by atoms with van der Waals surface area (Å²) in [5.74, 6) is 0. The van der Waals surface area contributed by atoms with Gasteiger partial charge in [-0.3, -0.25) is 4.98 Å². The Morgan fingerprint density at radius 3 is 2.92 bits per heavy atom. The summed E-state index contributed by atoms with van der Waals surface area (Å²) in [6, 6.07) is 4.10. The Balaban J connectivity index is 2.32. The number of pyridine rings is 1. The van der Waals surface area contributed by atoms with Crippen LogP contribution in [0.4, 0.5) is 0 Å². The molecule has 72 valence electrons. The topological polar surface area (TPSA) is 24.9 Å². The third kappa shape index (κ3) is 3.55. The first kappa shape index (κ1) is 10.2. The van der Waals surface area contributed by atoms with Crippen molar-refractivity contribution in [3.63, 3.8) is 0 Å². The zero-order chi connectivity index (χ0) is 9.52. The largest absolute Gasteiger partial charge is 0.316 e. The lowest BCUT2D eigenvalue weighted by Crippen LogP contribution is -2.18. The summed E-state index contributed by atoms with van der Waals surface area (Å²) in [5.41, 5.74) is 2.51. The van der Waals surface area contributed by atoms with Gasteiger partial charge in [0.1, 0.15) is 0 Å². The average molecular weight is 178 g/mol. The molecule has 13 heavy (non-hydrogen) atoms. The van der Waals surface area contributed by atoms with Gasteiger partial charge in [-0.2, -0.15) is 0 Å². The molecular formula is C11H18N2. The van der Waals surface area contributed by atoms with Crippen LogP contribution in [-0.4, -0.2) is 18.1 Å². The van der Waals surface area contributed by atoms with Crippen molar-refractivity contribution in [2.45, 2.75) is 26.7 Å². The van der Waals surface area contributed by atoms with Crippen molar-refractivity contribution in [1.82, 2.24) is 10.3 Å². The van der Waals surface area contributed by atoms with Gasteiger partial charge < -0.3 is 5.32 Å². The zero-order valence-corrected chi connectivity index (χ0v) is 8.51. The maximum absolute atomic E-state index is 4.34. The molecule has 0 aromatic carbocycles. The fraction of sp³-hybridized carbons (Fsp3) is 0.545. The highest BCUT2D eigenvalue weighted by atomic mass is 14.8. The zero-order valence-electron chi connectivity index (χ0n) is 8.51. The quantitative estimate of drug-likeness (QED) is 0.697. The standard InChI is InChI=1S/C11H18N2/c1-3-7-12-9-6-11-10(2)5-4-8-13-11/h4-5,8,12H,3,6-7,9H2,1-2H3. The van der Waals surface area contributed by atoms with Gasteiger partial charge in [-0.15, -0.1) is 0 Å². The molecule has 0 fully saturated rings. The summed E-state index contributed by atoms with van der Waals surface area (Å²) in [6.45, 7) is 6.43. The third-order valence-corrected chi connectivity index (χ3v) is 2.08. The van der Waals surface area contributed by atoms with Crippen molar-refractivity contribution in [3.8, 4) is 0 Å². The molecule has 0 aliphatic carbocycles. The second-order valence-electron chi connectivity index (χ2n) is 3.27. The highest BCUT2D eigenvalue weighted by molar-refractivity contribution is 5.17. The minimum absolute atomic E-state index is 1.03. The van der Waals surface area contributed by atoms with Crippen molar-refractivity contribution in [3.05, 3.63) is 29.6 Å². The first-order valence-corrected chi connectivity index (χ1v) is 4.95. The first-order chi connectivity index (χ1) is 6.34. The Morgan fingerprint density at radius 2 is 2.23 bits per heavy atom. The van der Waals surface area contributed by atoms with Gasteiger partial charge in [0.15, 0.2) is 0 Å². The maximum atomic E-state index is 4.34. The first-order valence-electron chi connectivity index (χ1n) is 4.95. The lowest BCUT2D eigenvalue weighted by Gasteiger charge is -2.04. The molecule has 1 heterocycles. The van der Waals surface area contributed by atoms with Gasteiger partial charge in [0, 0.05) is 24.9 Å². The average Bonchev–Trinajstić information content (AvgIpc) is 2.15. The fourth-order valence-corrected chi connectivity index (χ4v) is 1.29. The van der Waals surface area contributed by atoms with E-state index < -0.39 is 0 Å². The van der Waals surface area contributed by atoms with Gasteiger partial charge in [-0.1, -0.05) is 13.0 Å². The highest BCUT2D eigenvalue weighted by Crippen LogP contribution is 2.02. The number of hydrogen-bond acceptors (Lipinski definition) is 2. The Hall–Kier alpha value is -0.890. The molecule has 1 N–H and O–H groups in total. The van der Waals surface area contributed by atoms with Crippen LogP contribution in [0, 0.1) is 6.92 Å². The molecule has 0 atom stereocenters. The number of aryl methyl sites for hydroxylation is 1. The van der Waals surface area contributed by atoms with Crippen LogP contribution in [0.1, 0.15) is 24.6 Å². The second-order valence-corrected chi connectivity index (χ2v) is 3.27. The van der Waals surface area contributed by atoms with Crippen LogP contribution in [0.2, 0.25) is 0 Å². The highest BCUT2D eigenvalue weighted by Gasteiger charge is 1.96. The molecule has 0 saturated carbocycles. The normalized spacial score (nSPS) is 10.3. The van der Waals surface area contributed by atoms with Crippen LogP contribution in [0.5, 0.6) is 0 Å². The van der Waals surface area contributed by atoms with Crippen LogP contribution in [0.25, 0.3) is 0 Å². The molecule has 0 bridgehead atoms. The molecule has 2 heteroatoms. The number of aromatic nitrogens is 1. The van der Waals surface area contributed by atoms with E-state index in [1.807, 2.05) is 12.3 Å². The van der Waals surface area contributed by atoms with Crippen molar-refractivity contribution in [2.75, 3.05) is 13.1 Å². The van der Waals surface area contributed by atoms with E-state index in [-0.39, 0.29) is 0 Å². The number of nitrogens with one attached hydrogen (secondary N) is 1. The predicted molar refractivity (Wildman–Crippen MR) is 55.8 cm³/mol. The van der Waals surface area contributed by atoms with Crippen LogP contribution < -0.4 is 5.32 Å². The molecule has 0 saturated heterocycles. The van der Waals surface area contributed by atoms with E-state index in [0.717, 1.165) is 19.5 Å². The molecular weight excluding hydrogens is 160 g/mol. The van der Waals surface area contributed by atoms with Crippen molar-refractivity contribution in [1.29, 1.82) is 0 Å². The van der Waals surface area contributed by atoms with Gasteiger partial charge in [-0.25, -0.2) is 0 Å². The summed E-state index contributed by atoms with van der Waals surface area (Å²) in [4.78, 5) is 4.34. The Kier molecular flexibility index (Phi) is 4.47. The lowest BCUT2D eigenvalue weighted by molar-refractivity contribution is 0.664. The van der Waals surface area contributed by atoms with Crippen molar-refractivity contribution >= 4 is 0 Å². The van der Waals surface area contributed by atoms with Crippen LogP contribution >= 0.6 is 0 Å². The minimum Gasteiger partial charge on any atom is -0.316 e. The fourth-order valence-electron chi connectivity index (χ4n) is 1.29. The second kappa shape index (κ2) is 5.70. The van der Waals surface area contributed by atoms with E-state index in [1.54, 1.807) is 0 Å². The van der Waals surface area contributed by atoms with Crippen molar-refractivity contribution in [2.24, 2.45) is 0 Å². The Morgan fingerprint density at radius 1 is 1.38 bits per heavy atom. The van der Waals surface area contributed by atoms with Gasteiger partial charge in [0.25, 0.3) is 0 Å². The summed E-state index contributed by atoms with van der Waals surface area (Å²) in [7, 11) is 0. The summed E-state index contributed by atoms with van der Waals surface area (Å²) in [6.07, 6.45) is 4.09. The number of hydrogen-bond donors (Lipinski definition) is 1. The molecule has 0 radical (unpaired) electrons. The van der Waals surface area contributed by atoms with E-state index >= 15 is 0 Å². The van der Waals surface area contributed by atoms with E-state index in [0.29, 0.717) is 0 Å². The predicted octanol–water partition coefficient (Wildman–Crippen LogP) is 1.93. The molecule has 0 unspecified atom stereocenters. The summed E-state index contributed by atoms with van der Waals surface area (Å²) >= 11 is 0. The summed E-state index contributed by atoms with van der Waals surface area (Å²) < 4.78 is 0. The smallest absolute Gasteiger partial charge is 0.0445 e. The van der Waals surface area contributed by atoms with Gasteiger partial charge in [0.2, 0.25) is 0 Å². The monoisotopic (exact) mass is 178 g/mol. The van der Waals surface area contributed by atoms with Gasteiger partial charge in [-0.05, 0) is 31.5 Å². The van der Waals surface area contributed by atoms with E-state index in [9.17, 15) is 0 Å². The van der Waals surface area contributed by atoms with Crippen LogP contribution in [-0.2, 0) is 6.42 Å². The Bertz CT molecular complexity index is 246. The SMILES string of the molecule is CCCNCCc1ncccc1C. The van der Waals surface area contributed by atoms with Gasteiger partial charge >= 0.3 is 0 Å². The maximum Gasteiger partial charge on any atom is 0.0445 e. The van der Waals surface area contributed by atoms with E-state index in [4.69, 9.17) is 0 Å².